The van der Waals surface area contributed by atoms with Crippen LogP contribution in [-0.4, -0.2) is 25.8 Å². The summed E-state index contributed by atoms with van der Waals surface area (Å²) < 4.78 is 62.1. The van der Waals surface area contributed by atoms with Gasteiger partial charge in [-0.25, -0.2) is 8.42 Å². The molecule has 2 N–H and O–H groups in total. The zero-order valence-electron chi connectivity index (χ0n) is 15.5. The van der Waals surface area contributed by atoms with Crippen LogP contribution in [0, 0.1) is 0 Å². The smallest absolute Gasteiger partial charge is 0.385 e. The summed E-state index contributed by atoms with van der Waals surface area (Å²) in [6, 6.07) is 10.6. The highest BCUT2D eigenvalue weighted by Gasteiger charge is 2.40. The SMILES string of the molecule is C[C@H]1CC(O)(c2ccc(C(F)(F)F)cc2)C[C@@H](c2cccc(S(C)(=O)=O)c2)N1. The number of alkyl halides is 3. The number of rotatable bonds is 3. The van der Waals surface area contributed by atoms with E-state index >= 15 is 0 Å². The van der Waals surface area contributed by atoms with Crippen LogP contribution < -0.4 is 5.32 Å². The molecule has 3 rings (SSSR count). The van der Waals surface area contributed by atoms with Gasteiger partial charge in [-0.05, 0) is 55.2 Å². The normalized spacial score (nSPS) is 26.2. The van der Waals surface area contributed by atoms with Gasteiger partial charge < -0.3 is 10.4 Å². The lowest BCUT2D eigenvalue weighted by atomic mass is 9.77. The van der Waals surface area contributed by atoms with E-state index in [0.717, 1.165) is 18.4 Å². The number of nitrogens with one attached hydrogen (secondary N) is 1. The number of aliphatic hydroxyl groups is 1. The van der Waals surface area contributed by atoms with E-state index in [-0.39, 0.29) is 23.4 Å². The maximum atomic E-state index is 12.8. The van der Waals surface area contributed by atoms with Gasteiger partial charge in [-0.1, -0.05) is 24.3 Å². The summed E-state index contributed by atoms with van der Waals surface area (Å²) in [7, 11) is -3.37. The van der Waals surface area contributed by atoms with Crippen LogP contribution in [0.4, 0.5) is 13.2 Å². The second-order valence-corrected chi connectivity index (χ2v) is 9.50. The molecule has 152 valence electrons. The summed E-state index contributed by atoms with van der Waals surface area (Å²) in [5, 5.41) is 14.6. The molecule has 8 heteroatoms. The van der Waals surface area contributed by atoms with Crippen LogP contribution in [0.3, 0.4) is 0 Å². The second kappa shape index (κ2) is 7.17. The van der Waals surface area contributed by atoms with E-state index in [4.69, 9.17) is 0 Å². The molecule has 2 aromatic carbocycles. The first-order chi connectivity index (χ1) is 12.9. The molecule has 0 amide bonds. The second-order valence-electron chi connectivity index (χ2n) is 7.48. The molecule has 0 radical (unpaired) electrons. The monoisotopic (exact) mass is 413 g/mol. The highest BCUT2D eigenvalue weighted by atomic mass is 32.2. The van der Waals surface area contributed by atoms with E-state index in [9.17, 15) is 26.7 Å². The fourth-order valence-electron chi connectivity index (χ4n) is 3.77. The summed E-state index contributed by atoms with van der Waals surface area (Å²) in [5.41, 5.74) is -0.960. The van der Waals surface area contributed by atoms with Crippen LogP contribution in [0.15, 0.2) is 53.4 Å². The molecule has 0 aromatic heterocycles. The van der Waals surface area contributed by atoms with Crippen molar-refractivity contribution in [1.29, 1.82) is 0 Å². The predicted octanol–water partition coefficient (Wildman–Crippen LogP) is 3.81. The van der Waals surface area contributed by atoms with Crippen LogP contribution in [0.1, 0.15) is 42.5 Å². The Morgan fingerprint density at radius 1 is 1.11 bits per heavy atom. The fourth-order valence-corrected chi connectivity index (χ4v) is 4.45. The maximum Gasteiger partial charge on any atom is 0.416 e. The lowest BCUT2D eigenvalue weighted by Gasteiger charge is -2.41. The molecule has 4 nitrogen and oxygen atoms in total. The van der Waals surface area contributed by atoms with Crippen molar-refractivity contribution >= 4 is 9.84 Å². The molecular formula is C20H22F3NO3S. The minimum atomic E-state index is -4.43. The zero-order chi connectivity index (χ0) is 20.7. The van der Waals surface area contributed by atoms with Crippen LogP contribution >= 0.6 is 0 Å². The van der Waals surface area contributed by atoms with Crippen LogP contribution in [0.5, 0.6) is 0 Å². The third-order valence-electron chi connectivity index (χ3n) is 5.11. The molecular weight excluding hydrogens is 391 g/mol. The summed E-state index contributed by atoms with van der Waals surface area (Å²) in [5.74, 6) is 0. The number of halogens is 3. The van der Waals surface area contributed by atoms with Crippen molar-refractivity contribution in [1.82, 2.24) is 5.32 Å². The van der Waals surface area contributed by atoms with Gasteiger partial charge in [-0.3, -0.25) is 0 Å². The van der Waals surface area contributed by atoms with Gasteiger partial charge in [0.25, 0.3) is 0 Å². The Morgan fingerprint density at radius 3 is 2.32 bits per heavy atom. The van der Waals surface area contributed by atoms with Gasteiger partial charge in [0.05, 0.1) is 16.1 Å². The zero-order valence-corrected chi connectivity index (χ0v) is 16.3. The van der Waals surface area contributed by atoms with Gasteiger partial charge in [0, 0.05) is 18.3 Å². The van der Waals surface area contributed by atoms with Crippen molar-refractivity contribution in [2.24, 2.45) is 0 Å². The van der Waals surface area contributed by atoms with E-state index in [1.807, 2.05) is 6.92 Å². The van der Waals surface area contributed by atoms with E-state index in [1.165, 1.54) is 18.2 Å². The number of sulfone groups is 1. The highest BCUT2D eigenvalue weighted by Crippen LogP contribution is 2.41. The molecule has 1 heterocycles. The molecule has 1 saturated heterocycles. The minimum absolute atomic E-state index is 0.118. The first-order valence-electron chi connectivity index (χ1n) is 8.85. The van der Waals surface area contributed by atoms with Crippen molar-refractivity contribution in [2.45, 2.75) is 48.5 Å². The molecule has 3 atom stereocenters. The summed E-state index contributed by atoms with van der Waals surface area (Å²) in [6.45, 7) is 1.88. The van der Waals surface area contributed by atoms with Crippen LogP contribution in [0.2, 0.25) is 0 Å². The Bertz CT molecular complexity index is 957. The Morgan fingerprint density at radius 2 is 1.75 bits per heavy atom. The van der Waals surface area contributed by atoms with Gasteiger partial charge in [0.15, 0.2) is 9.84 Å². The molecule has 1 unspecified atom stereocenters. The van der Waals surface area contributed by atoms with Gasteiger partial charge in [0.1, 0.15) is 0 Å². The number of hydrogen-bond donors (Lipinski definition) is 2. The Balaban J connectivity index is 1.92. The summed E-state index contributed by atoms with van der Waals surface area (Å²) in [6.07, 6.45) is -2.75. The quantitative estimate of drug-likeness (QED) is 0.803. The van der Waals surface area contributed by atoms with Crippen molar-refractivity contribution in [3.63, 3.8) is 0 Å². The lowest BCUT2D eigenvalue weighted by Crippen LogP contribution is -2.46. The minimum Gasteiger partial charge on any atom is -0.385 e. The van der Waals surface area contributed by atoms with E-state index in [2.05, 4.69) is 5.32 Å². The van der Waals surface area contributed by atoms with Crippen LogP contribution in [-0.2, 0) is 21.6 Å². The van der Waals surface area contributed by atoms with Gasteiger partial charge in [-0.2, -0.15) is 13.2 Å². The van der Waals surface area contributed by atoms with Crippen LogP contribution in [0.25, 0.3) is 0 Å². The molecule has 0 aliphatic carbocycles. The van der Waals surface area contributed by atoms with Crippen molar-refractivity contribution < 1.29 is 26.7 Å². The first kappa shape index (κ1) is 20.8. The average molecular weight is 413 g/mol. The average Bonchev–Trinajstić information content (AvgIpc) is 2.60. The fraction of sp³-hybridized carbons (Fsp3) is 0.400. The molecule has 0 saturated carbocycles. The van der Waals surface area contributed by atoms with E-state index < -0.39 is 27.2 Å². The molecule has 0 spiro atoms. The molecule has 1 aliphatic heterocycles. The molecule has 1 fully saturated rings. The molecule has 1 aliphatic rings. The Labute approximate surface area is 162 Å². The van der Waals surface area contributed by atoms with E-state index in [0.29, 0.717) is 17.5 Å². The van der Waals surface area contributed by atoms with Crippen molar-refractivity contribution in [2.75, 3.05) is 6.26 Å². The standard InChI is InChI=1S/C20H22F3NO3S/c1-13-11-19(25,15-6-8-16(9-7-15)20(21,22)23)12-18(24-13)14-4-3-5-17(10-14)28(2,26)27/h3-10,13,18,24-25H,11-12H2,1-2H3/t13-,18-,19?/m0/s1. The third kappa shape index (κ3) is 4.39. The maximum absolute atomic E-state index is 12.8. The first-order valence-corrected chi connectivity index (χ1v) is 10.7. The van der Waals surface area contributed by atoms with Crippen molar-refractivity contribution in [3.8, 4) is 0 Å². The lowest BCUT2D eigenvalue weighted by molar-refractivity contribution is -0.137. The van der Waals surface area contributed by atoms with E-state index in [1.54, 1.807) is 18.2 Å². The van der Waals surface area contributed by atoms with Gasteiger partial charge >= 0.3 is 6.18 Å². The number of piperidine rings is 1. The van der Waals surface area contributed by atoms with Gasteiger partial charge in [0.2, 0.25) is 0 Å². The third-order valence-corrected chi connectivity index (χ3v) is 6.22. The largest absolute Gasteiger partial charge is 0.416 e. The highest BCUT2D eigenvalue weighted by molar-refractivity contribution is 7.90. The Kier molecular flexibility index (Phi) is 5.33. The van der Waals surface area contributed by atoms with Gasteiger partial charge in [-0.15, -0.1) is 0 Å². The van der Waals surface area contributed by atoms with Crippen molar-refractivity contribution in [3.05, 3.63) is 65.2 Å². The molecule has 28 heavy (non-hydrogen) atoms. The molecule has 0 bridgehead atoms. The predicted molar refractivity (Wildman–Crippen MR) is 99.5 cm³/mol. The number of hydrogen-bond acceptors (Lipinski definition) is 4. The topological polar surface area (TPSA) is 66.4 Å². The number of benzene rings is 2. The summed E-state index contributed by atoms with van der Waals surface area (Å²) in [4.78, 5) is 0.183. The Hall–Kier alpha value is -1.90. The summed E-state index contributed by atoms with van der Waals surface area (Å²) >= 11 is 0. The molecule has 2 aromatic rings.